The zero-order valence-electron chi connectivity index (χ0n) is 16.5. The topological polar surface area (TPSA) is 78.4 Å². The summed E-state index contributed by atoms with van der Waals surface area (Å²) >= 11 is 1.30. The van der Waals surface area contributed by atoms with E-state index in [2.05, 4.69) is 5.10 Å². The maximum Gasteiger partial charge on any atom is 0.352 e. The van der Waals surface area contributed by atoms with Gasteiger partial charge in [0.25, 0.3) is 5.56 Å². The summed E-state index contributed by atoms with van der Waals surface area (Å²) in [5.74, 6) is 0.0311. The molecule has 0 aliphatic rings. The van der Waals surface area contributed by atoms with Gasteiger partial charge in [0, 0.05) is 12.1 Å². The highest BCUT2D eigenvalue weighted by Crippen LogP contribution is 2.17. The zero-order valence-corrected chi connectivity index (χ0v) is 17.3. The molecule has 2 aromatic carbocycles. The van der Waals surface area contributed by atoms with E-state index >= 15 is 0 Å². The van der Waals surface area contributed by atoms with Crippen LogP contribution in [0.3, 0.4) is 0 Å². The Bertz CT molecular complexity index is 1510. The number of thiophene rings is 1. The Hall–Kier alpha value is -3.78. The van der Waals surface area contributed by atoms with Crippen molar-refractivity contribution in [2.45, 2.75) is 19.5 Å². The molecule has 0 aliphatic heterocycles. The zero-order chi connectivity index (χ0) is 21.4. The summed E-state index contributed by atoms with van der Waals surface area (Å²) in [4.78, 5) is 38.9. The molecule has 0 N–H and O–H groups in total. The number of aromatic nitrogens is 4. The smallest absolute Gasteiger partial charge is 0.292 e. The molecular formula is C23H18N4O3S. The number of carbonyl (C=O) groups is 1. The number of nitrogens with zero attached hydrogens (tertiary/aromatic N) is 4. The predicted molar refractivity (Wildman–Crippen MR) is 120 cm³/mol. The van der Waals surface area contributed by atoms with Crippen LogP contribution < -0.4 is 11.2 Å². The Kier molecular flexibility index (Phi) is 4.83. The van der Waals surface area contributed by atoms with E-state index in [1.165, 1.54) is 20.3 Å². The van der Waals surface area contributed by atoms with Gasteiger partial charge in [-0.25, -0.2) is 13.9 Å². The number of benzene rings is 2. The first kappa shape index (κ1) is 19.2. The van der Waals surface area contributed by atoms with Gasteiger partial charge in [0.05, 0.1) is 5.52 Å². The summed E-state index contributed by atoms with van der Waals surface area (Å²) in [6.45, 7) is 0.187. The Morgan fingerprint density at radius 2 is 1.65 bits per heavy atom. The molecule has 0 aliphatic carbocycles. The highest BCUT2D eigenvalue weighted by molar-refractivity contribution is 7.17. The van der Waals surface area contributed by atoms with E-state index in [0.717, 1.165) is 10.2 Å². The van der Waals surface area contributed by atoms with Crippen LogP contribution in [0.25, 0.3) is 16.0 Å². The summed E-state index contributed by atoms with van der Waals surface area (Å²) in [7, 11) is 0. The van der Waals surface area contributed by atoms with Crippen molar-refractivity contribution in [2.75, 3.05) is 0 Å². The van der Waals surface area contributed by atoms with Crippen molar-refractivity contribution < 1.29 is 4.79 Å². The van der Waals surface area contributed by atoms with E-state index in [9.17, 15) is 14.4 Å². The highest BCUT2D eigenvalue weighted by atomic mass is 32.1. The van der Waals surface area contributed by atoms with Crippen LogP contribution in [-0.2, 0) is 19.5 Å². The fraction of sp³-hybridized carbons (Fsp3) is 0.130. The number of carbonyl (C=O) groups excluding carboxylic acids is 1. The van der Waals surface area contributed by atoms with Gasteiger partial charge < -0.3 is 0 Å². The first-order chi connectivity index (χ1) is 15.1. The molecule has 0 spiro atoms. The van der Waals surface area contributed by atoms with Crippen molar-refractivity contribution >= 4 is 33.1 Å². The average molecular weight is 430 g/mol. The molecule has 0 amide bonds. The van der Waals surface area contributed by atoms with Crippen LogP contribution in [0.5, 0.6) is 0 Å². The number of fused-ring (bicyclic) bond motifs is 3. The summed E-state index contributed by atoms with van der Waals surface area (Å²) in [5, 5.41) is 6.18. The van der Waals surface area contributed by atoms with Crippen molar-refractivity contribution in [1.82, 2.24) is 18.7 Å². The molecule has 0 saturated carbocycles. The number of Topliss-reactive ketones (excluding diaryl/α,β-unsaturated/α-hetero) is 1. The summed E-state index contributed by atoms with van der Waals surface area (Å²) in [6.07, 6.45) is 0.622. The molecule has 154 valence electrons. The van der Waals surface area contributed by atoms with Crippen LogP contribution in [0, 0.1) is 0 Å². The van der Waals surface area contributed by atoms with Crippen molar-refractivity contribution in [1.29, 1.82) is 0 Å². The number of ketones is 1. The van der Waals surface area contributed by atoms with Crippen LogP contribution >= 0.6 is 11.3 Å². The molecule has 5 aromatic rings. The summed E-state index contributed by atoms with van der Waals surface area (Å²) < 4.78 is 4.59. The molecular weight excluding hydrogens is 412 g/mol. The Balaban J connectivity index is 1.62. The second-order valence-electron chi connectivity index (χ2n) is 7.19. The minimum Gasteiger partial charge on any atom is -0.292 e. The summed E-state index contributed by atoms with van der Waals surface area (Å²) in [5.41, 5.74) is 1.49. The van der Waals surface area contributed by atoms with Crippen molar-refractivity contribution in [3.05, 3.63) is 104 Å². The Morgan fingerprint density at radius 1 is 0.935 bits per heavy atom. The molecule has 0 bridgehead atoms. The van der Waals surface area contributed by atoms with Gasteiger partial charge in [-0.05, 0) is 23.4 Å². The standard InChI is InChI=1S/C23H18N4O3S/c28-19(17-9-5-2-6-10-17)15-26-23(30)27-18-12-14-31-20(18)21(29)25(22(27)24-26)13-11-16-7-3-1-4-8-16/h1-10,12,14H,11,13,15H2. The van der Waals surface area contributed by atoms with Crippen molar-refractivity contribution in [3.8, 4) is 0 Å². The predicted octanol–water partition coefficient (Wildman–Crippen LogP) is 3.00. The van der Waals surface area contributed by atoms with E-state index in [0.29, 0.717) is 28.7 Å². The molecule has 0 unspecified atom stereocenters. The van der Waals surface area contributed by atoms with Crippen LogP contribution in [0.2, 0.25) is 0 Å². The number of hydrogen-bond acceptors (Lipinski definition) is 5. The fourth-order valence-corrected chi connectivity index (χ4v) is 4.50. The first-order valence-electron chi connectivity index (χ1n) is 9.85. The van der Waals surface area contributed by atoms with Crippen LogP contribution in [0.1, 0.15) is 15.9 Å². The number of hydrogen-bond donors (Lipinski definition) is 0. The lowest BCUT2D eigenvalue weighted by Crippen LogP contribution is -2.27. The van der Waals surface area contributed by atoms with E-state index in [1.807, 2.05) is 36.4 Å². The molecule has 31 heavy (non-hydrogen) atoms. The van der Waals surface area contributed by atoms with Gasteiger partial charge in [-0.15, -0.1) is 16.4 Å². The second kappa shape index (κ2) is 7.81. The average Bonchev–Trinajstić information content (AvgIpc) is 3.40. The molecule has 0 saturated heterocycles. The summed E-state index contributed by atoms with van der Waals surface area (Å²) in [6, 6.07) is 20.3. The van der Waals surface area contributed by atoms with E-state index < -0.39 is 5.69 Å². The third-order valence-corrected chi connectivity index (χ3v) is 6.14. The molecule has 8 heteroatoms. The molecule has 0 radical (unpaired) electrons. The lowest BCUT2D eigenvalue weighted by Gasteiger charge is -2.08. The fourth-order valence-electron chi connectivity index (χ4n) is 3.68. The lowest BCUT2D eigenvalue weighted by atomic mass is 10.1. The minimum atomic E-state index is -0.434. The molecule has 7 nitrogen and oxygen atoms in total. The SMILES string of the molecule is O=C(Cn1nc2n(CCc3ccccc3)c(=O)c3sccc3n2c1=O)c1ccccc1. The highest BCUT2D eigenvalue weighted by Gasteiger charge is 2.19. The van der Waals surface area contributed by atoms with Crippen LogP contribution in [0.4, 0.5) is 0 Å². The van der Waals surface area contributed by atoms with Gasteiger partial charge in [0.15, 0.2) is 5.78 Å². The first-order valence-corrected chi connectivity index (χ1v) is 10.7. The van der Waals surface area contributed by atoms with Crippen LogP contribution in [-0.4, -0.2) is 24.5 Å². The van der Waals surface area contributed by atoms with Gasteiger partial charge in [-0.2, -0.15) is 0 Å². The third kappa shape index (κ3) is 3.40. The van der Waals surface area contributed by atoms with Gasteiger partial charge in [0.2, 0.25) is 5.78 Å². The van der Waals surface area contributed by atoms with Gasteiger partial charge in [-0.3, -0.25) is 14.2 Å². The molecule has 3 aromatic heterocycles. The van der Waals surface area contributed by atoms with Gasteiger partial charge in [0.1, 0.15) is 11.2 Å². The minimum absolute atomic E-state index is 0.181. The maximum atomic E-state index is 13.1. The number of aryl methyl sites for hydroxylation is 2. The lowest BCUT2D eigenvalue weighted by molar-refractivity contribution is 0.0966. The van der Waals surface area contributed by atoms with E-state index in [1.54, 1.807) is 35.7 Å². The molecule has 0 fully saturated rings. The largest absolute Gasteiger partial charge is 0.352 e. The molecule has 5 rings (SSSR count). The Labute approximate surface area is 180 Å². The normalized spacial score (nSPS) is 11.4. The van der Waals surface area contributed by atoms with Crippen LogP contribution in [0.15, 0.2) is 81.7 Å². The van der Waals surface area contributed by atoms with Crippen molar-refractivity contribution in [2.24, 2.45) is 0 Å². The Morgan fingerprint density at radius 3 is 2.39 bits per heavy atom. The monoisotopic (exact) mass is 430 g/mol. The quantitative estimate of drug-likeness (QED) is 0.388. The number of rotatable bonds is 6. The van der Waals surface area contributed by atoms with Crippen molar-refractivity contribution in [3.63, 3.8) is 0 Å². The van der Waals surface area contributed by atoms with Gasteiger partial charge >= 0.3 is 5.69 Å². The third-order valence-electron chi connectivity index (χ3n) is 5.24. The molecule has 0 atom stereocenters. The molecule has 3 heterocycles. The maximum absolute atomic E-state index is 13.1. The van der Waals surface area contributed by atoms with E-state index in [-0.39, 0.29) is 23.7 Å². The second-order valence-corrected chi connectivity index (χ2v) is 8.11. The van der Waals surface area contributed by atoms with Gasteiger partial charge in [-0.1, -0.05) is 60.7 Å². The van der Waals surface area contributed by atoms with E-state index in [4.69, 9.17) is 0 Å².